The maximum Gasteiger partial charge on any atom is 0.0985 e. The first-order valence-corrected chi connectivity index (χ1v) is 9.39. The van der Waals surface area contributed by atoms with Gasteiger partial charge in [0.15, 0.2) is 0 Å². The maximum absolute atomic E-state index is 4.80. The highest BCUT2D eigenvalue weighted by Crippen LogP contribution is 2.49. The third kappa shape index (κ3) is 3.68. The standard InChI is InChI=1S/C18H30N2S/c1-11(16-12(2)20-17(21-16)18(3,4)5)19-10-15(13-6-7-13)14-8-9-14/h11,13-15,19H,6-10H2,1-5H3. The molecule has 0 radical (unpaired) electrons. The Balaban J connectivity index is 1.62. The van der Waals surface area contributed by atoms with Gasteiger partial charge in [0.2, 0.25) is 0 Å². The van der Waals surface area contributed by atoms with Gasteiger partial charge in [0.1, 0.15) is 0 Å². The molecule has 1 atom stereocenters. The first-order chi connectivity index (χ1) is 9.86. The van der Waals surface area contributed by atoms with Crippen LogP contribution in [-0.4, -0.2) is 11.5 Å². The zero-order valence-electron chi connectivity index (χ0n) is 14.2. The van der Waals surface area contributed by atoms with E-state index in [9.17, 15) is 0 Å². The number of nitrogens with one attached hydrogen (secondary N) is 1. The molecule has 2 fully saturated rings. The average molecular weight is 307 g/mol. The molecule has 3 heteroatoms. The summed E-state index contributed by atoms with van der Waals surface area (Å²) < 4.78 is 0. The van der Waals surface area contributed by atoms with Gasteiger partial charge in [0.25, 0.3) is 0 Å². The summed E-state index contributed by atoms with van der Waals surface area (Å²) in [6.45, 7) is 12.4. The van der Waals surface area contributed by atoms with E-state index in [1.165, 1.54) is 47.8 Å². The van der Waals surface area contributed by atoms with Gasteiger partial charge in [-0.05, 0) is 63.8 Å². The van der Waals surface area contributed by atoms with Crippen LogP contribution in [0, 0.1) is 24.7 Å². The number of thiazole rings is 1. The van der Waals surface area contributed by atoms with Crippen molar-refractivity contribution >= 4 is 11.3 Å². The largest absolute Gasteiger partial charge is 0.309 e. The summed E-state index contributed by atoms with van der Waals surface area (Å²) in [4.78, 5) is 6.24. The molecular formula is C18H30N2S. The van der Waals surface area contributed by atoms with Crippen LogP contribution in [0.3, 0.4) is 0 Å². The fourth-order valence-electron chi connectivity index (χ4n) is 3.30. The SMILES string of the molecule is Cc1nc(C(C)(C)C)sc1C(C)NCC(C1CC1)C1CC1. The number of hydrogen-bond donors (Lipinski definition) is 1. The zero-order chi connectivity index (χ0) is 15.2. The quantitative estimate of drug-likeness (QED) is 0.813. The van der Waals surface area contributed by atoms with E-state index in [1.807, 2.05) is 11.3 Å². The minimum absolute atomic E-state index is 0.165. The van der Waals surface area contributed by atoms with Gasteiger partial charge in [-0.25, -0.2) is 4.98 Å². The van der Waals surface area contributed by atoms with Crippen LogP contribution < -0.4 is 5.32 Å². The Kier molecular flexibility index (Phi) is 4.17. The van der Waals surface area contributed by atoms with Crippen LogP contribution in [0.5, 0.6) is 0 Å². The summed E-state index contributed by atoms with van der Waals surface area (Å²) in [5.74, 6) is 3.01. The smallest absolute Gasteiger partial charge is 0.0985 e. The summed E-state index contributed by atoms with van der Waals surface area (Å²) in [6, 6.07) is 0.443. The summed E-state index contributed by atoms with van der Waals surface area (Å²) in [6.07, 6.45) is 5.91. The highest BCUT2D eigenvalue weighted by atomic mass is 32.1. The Morgan fingerprint density at radius 1 is 1.19 bits per heavy atom. The van der Waals surface area contributed by atoms with Crippen LogP contribution in [0.2, 0.25) is 0 Å². The predicted octanol–water partition coefficient (Wildman–Crippen LogP) is 4.84. The first-order valence-electron chi connectivity index (χ1n) is 8.57. The van der Waals surface area contributed by atoms with Gasteiger partial charge in [-0.2, -0.15) is 0 Å². The van der Waals surface area contributed by atoms with Crippen molar-refractivity contribution < 1.29 is 0 Å². The predicted molar refractivity (Wildman–Crippen MR) is 90.9 cm³/mol. The molecule has 2 aliphatic carbocycles. The van der Waals surface area contributed by atoms with E-state index >= 15 is 0 Å². The van der Waals surface area contributed by atoms with Crippen molar-refractivity contribution in [2.24, 2.45) is 17.8 Å². The van der Waals surface area contributed by atoms with Gasteiger partial charge >= 0.3 is 0 Å². The van der Waals surface area contributed by atoms with E-state index in [2.05, 4.69) is 39.9 Å². The number of hydrogen-bond acceptors (Lipinski definition) is 3. The summed E-state index contributed by atoms with van der Waals surface area (Å²) in [7, 11) is 0. The maximum atomic E-state index is 4.80. The van der Waals surface area contributed by atoms with Crippen molar-refractivity contribution in [2.45, 2.75) is 71.8 Å². The van der Waals surface area contributed by atoms with Gasteiger partial charge in [-0.15, -0.1) is 11.3 Å². The Morgan fingerprint density at radius 3 is 2.19 bits per heavy atom. The third-order valence-corrected chi connectivity index (χ3v) is 6.75. The highest BCUT2D eigenvalue weighted by Gasteiger charge is 2.41. The minimum Gasteiger partial charge on any atom is -0.309 e. The molecule has 2 nitrogen and oxygen atoms in total. The molecule has 1 unspecified atom stereocenters. The van der Waals surface area contributed by atoms with Crippen molar-refractivity contribution in [2.75, 3.05) is 6.54 Å². The average Bonchev–Trinajstić information content (AvgIpc) is 3.28. The molecule has 0 saturated heterocycles. The van der Waals surface area contributed by atoms with Crippen LogP contribution in [0.4, 0.5) is 0 Å². The molecule has 2 aliphatic rings. The zero-order valence-corrected chi connectivity index (χ0v) is 15.0. The van der Waals surface area contributed by atoms with E-state index in [1.54, 1.807) is 0 Å². The Hall–Kier alpha value is -0.410. The fraction of sp³-hybridized carbons (Fsp3) is 0.833. The lowest BCUT2D eigenvalue weighted by molar-refractivity contribution is 0.363. The van der Waals surface area contributed by atoms with Crippen LogP contribution >= 0.6 is 11.3 Å². The van der Waals surface area contributed by atoms with Gasteiger partial charge in [0.05, 0.1) is 10.7 Å². The van der Waals surface area contributed by atoms with Crippen LogP contribution in [-0.2, 0) is 5.41 Å². The molecule has 0 aromatic carbocycles. The van der Waals surface area contributed by atoms with E-state index in [0.29, 0.717) is 6.04 Å². The number of nitrogens with zero attached hydrogens (tertiary/aromatic N) is 1. The number of aromatic nitrogens is 1. The molecule has 1 heterocycles. The number of rotatable bonds is 6. The molecule has 21 heavy (non-hydrogen) atoms. The van der Waals surface area contributed by atoms with Crippen molar-refractivity contribution in [3.05, 3.63) is 15.6 Å². The molecular weight excluding hydrogens is 276 g/mol. The minimum atomic E-state index is 0.165. The molecule has 1 N–H and O–H groups in total. The first kappa shape index (κ1) is 15.5. The van der Waals surface area contributed by atoms with Crippen LogP contribution in [0.15, 0.2) is 0 Å². The van der Waals surface area contributed by atoms with Crippen LogP contribution in [0.1, 0.15) is 75.0 Å². The van der Waals surface area contributed by atoms with Crippen molar-refractivity contribution in [3.63, 3.8) is 0 Å². The molecule has 0 bridgehead atoms. The second kappa shape index (κ2) is 5.66. The molecule has 1 aromatic rings. The molecule has 0 spiro atoms. The van der Waals surface area contributed by atoms with Crippen molar-refractivity contribution in [1.82, 2.24) is 10.3 Å². The van der Waals surface area contributed by atoms with E-state index in [0.717, 1.165) is 17.8 Å². The Labute approximate surface area is 133 Å². The molecule has 118 valence electrons. The van der Waals surface area contributed by atoms with E-state index in [-0.39, 0.29) is 5.41 Å². The fourth-order valence-corrected chi connectivity index (χ4v) is 4.45. The van der Waals surface area contributed by atoms with Gasteiger partial charge < -0.3 is 5.32 Å². The molecule has 3 rings (SSSR count). The lowest BCUT2D eigenvalue weighted by atomic mass is 9.97. The monoisotopic (exact) mass is 306 g/mol. The van der Waals surface area contributed by atoms with Gasteiger partial charge in [0, 0.05) is 16.3 Å². The third-order valence-electron chi connectivity index (χ3n) is 4.98. The van der Waals surface area contributed by atoms with E-state index in [4.69, 9.17) is 4.98 Å². The Morgan fingerprint density at radius 2 is 1.76 bits per heavy atom. The molecule has 0 amide bonds. The summed E-state index contributed by atoms with van der Waals surface area (Å²) >= 11 is 1.90. The summed E-state index contributed by atoms with van der Waals surface area (Å²) in [5.41, 5.74) is 1.39. The number of aryl methyl sites for hydroxylation is 1. The topological polar surface area (TPSA) is 24.9 Å². The second-order valence-electron chi connectivity index (χ2n) is 8.19. The normalized spacial score (nSPS) is 21.0. The molecule has 2 saturated carbocycles. The van der Waals surface area contributed by atoms with Gasteiger partial charge in [-0.3, -0.25) is 0 Å². The molecule has 1 aromatic heterocycles. The lowest BCUT2D eigenvalue weighted by Gasteiger charge is -2.20. The Bertz CT molecular complexity index is 480. The van der Waals surface area contributed by atoms with Crippen molar-refractivity contribution in [3.8, 4) is 0 Å². The van der Waals surface area contributed by atoms with E-state index < -0.39 is 0 Å². The highest BCUT2D eigenvalue weighted by molar-refractivity contribution is 7.12. The second-order valence-corrected chi connectivity index (χ2v) is 9.22. The lowest BCUT2D eigenvalue weighted by Crippen LogP contribution is -2.28. The van der Waals surface area contributed by atoms with Crippen molar-refractivity contribution in [1.29, 1.82) is 0 Å². The van der Waals surface area contributed by atoms with Crippen LogP contribution in [0.25, 0.3) is 0 Å². The van der Waals surface area contributed by atoms with Gasteiger partial charge in [-0.1, -0.05) is 20.8 Å². The summed E-state index contributed by atoms with van der Waals surface area (Å²) in [5, 5.41) is 5.09. The molecule has 0 aliphatic heterocycles.